The van der Waals surface area contributed by atoms with Gasteiger partial charge in [-0.25, -0.2) is 4.79 Å². The first-order chi connectivity index (χ1) is 11.3. The van der Waals surface area contributed by atoms with Crippen molar-refractivity contribution >= 4 is 45.1 Å². The van der Waals surface area contributed by atoms with Crippen molar-refractivity contribution in [3.63, 3.8) is 0 Å². The molecule has 126 valence electrons. The summed E-state index contributed by atoms with van der Waals surface area (Å²) < 4.78 is 6.34. The number of rotatable bonds is 5. The molecule has 0 aliphatic rings. The normalized spacial score (nSPS) is 10.3. The fourth-order valence-electron chi connectivity index (χ4n) is 2.19. The summed E-state index contributed by atoms with van der Waals surface area (Å²) >= 11 is 9.28. The Kier molecular flexibility index (Phi) is 5.85. The zero-order valence-corrected chi connectivity index (χ0v) is 15.4. The van der Waals surface area contributed by atoms with Crippen LogP contribution in [0.15, 0.2) is 34.8 Å². The van der Waals surface area contributed by atoms with Gasteiger partial charge in [0.2, 0.25) is 0 Å². The second-order valence-electron chi connectivity index (χ2n) is 5.23. The Labute approximate surface area is 152 Å². The first-order valence-corrected chi connectivity index (χ1v) is 8.17. The summed E-state index contributed by atoms with van der Waals surface area (Å²) in [5.41, 5.74) is 2.39. The lowest BCUT2D eigenvalue weighted by Gasteiger charge is -2.12. The van der Waals surface area contributed by atoms with E-state index < -0.39 is 5.97 Å². The van der Waals surface area contributed by atoms with Crippen LogP contribution in [0, 0.1) is 13.8 Å². The largest absolute Gasteiger partial charge is 0.482 e. The number of aromatic carboxylic acids is 1. The number of amides is 1. The Morgan fingerprint density at radius 3 is 2.54 bits per heavy atom. The highest BCUT2D eigenvalue weighted by Crippen LogP contribution is 2.30. The van der Waals surface area contributed by atoms with E-state index in [0.717, 1.165) is 15.6 Å². The Morgan fingerprint density at radius 1 is 1.25 bits per heavy atom. The molecule has 0 spiro atoms. The third-order valence-corrected chi connectivity index (χ3v) is 4.11. The highest BCUT2D eigenvalue weighted by atomic mass is 79.9. The fraction of sp³-hybridized carbons (Fsp3) is 0.176. The zero-order chi connectivity index (χ0) is 17.9. The molecule has 2 rings (SSSR count). The van der Waals surface area contributed by atoms with Crippen LogP contribution in [0.3, 0.4) is 0 Å². The number of carbonyl (C=O) groups excluding carboxylic acids is 1. The zero-order valence-electron chi connectivity index (χ0n) is 13.0. The van der Waals surface area contributed by atoms with Gasteiger partial charge in [-0.15, -0.1) is 0 Å². The molecule has 7 heteroatoms. The summed E-state index contributed by atoms with van der Waals surface area (Å²) in [4.78, 5) is 22.9. The van der Waals surface area contributed by atoms with E-state index in [4.69, 9.17) is 21.4 Å². The number of benzene rings is 2. The van der Waals surface area contributed by atoms with Crippen molar-refractivity contribution in [1.82, 2.24) is 0 Å². The van der Waals surface area contributed by atoms with Gasteiger partial charge in [0, 0.05) is 5.69 Å². The lowest BCUT2D eigenvalue weighted by Crippen LogP contribution is -2.20. The van der Waals surface area contributed by atoms with E-state index in [2.05, 4.69) is 21.2 Å². The van der Waals surface area contributed by atoms with E-state index in [1.165, 1.54) is 18.2 Å². The van der Waals surface area contributed by atoms with Crippen molar-refractivity contribution in [3.8, 4) is 5.75 Å². The predicted molar refractivity (Wildman–Crippen MR) is 96.2 cm³/mol. The summed E-state index contributed by atoms with van der Waals surface area (Å²) in [5.74, 6) is -0.892. The number of carboxylic acid groups (broad SMARTS) is 1. The molecule has 24 heavy (non-hydrogen) atoms. The summed E-state index contributed by atoms with van der Waals surface area (Å²) in [5, 5.41) is 11.6. The molecule has 0 unspecified atom stereocenters. The Hall–Kier alpha value is -2.05. The van der Waals surface area contributed by atoms with Gasteiger partial charge in [0.15, 0.2) is 6.61 Å². The van der Waals surface area contributed by atoms with Crippen molar-refractivity contribution in [2.45, 2.75) is 13.8 Å². The molecule has 0 saturated heterocycles. The molecular formula is C17H15BrClNO4. The van der Waals surface area contributed by atoms with Gasteiger partial charge in [-0.1, -0.05) is 17.7 Å². The molecular weight excluding hydrogens is 398 g/mol. The molecule has 5 nitrogen and oxygen atoms in total. The van der Waals surface area contributed by atoms with Crippen LogP contribution in [0.5, 0.6) is 5.75 Å². The van der Waals surface area contributed by atoms with Crippen LogP contribution in [-0.2, 0) is 4.79 Å². The first-order valence-electron chi connectivity index (χ1n) is 7.00. The minimum Gasteiger partial charge on any atom is -0.482 e. The first kappa shape index (κ1) is 18.3. The number of hydrogen-bond acceptors (Lipinski definition) is 3. The number of halogens is 2. The van der Waals surface area contributed by atoms with E-state index in [0.29, 0.717) is 11.4 Å². The number of anilines is 1. The Morgan fingerprint density at radius 2 is 1.96 bits per heavy atom. The van der Waals surface area contributed by atoms with Crippen LogP contribution in [0.1, 0.15) is 21.5 Å². The second kappa shape index (κ2) is 7.68. The van der Waals surface area contributed by atoms with Crippen LogP contribution in [0.2, 0.25) is 5.02 Å². The number of carboxylic acids is 1. The number of hydrogen-bond donors (Lipinski definition) is 2. The highest BCUT2D eigenvalue weighted by Gasteiger charge is 2.12. The minimum atomic E-state index is -1.12. The second-order valence-corrected chi connectivity index (χ2v) is 6.49. The Balaban J connectivity index is 2.02. The topological polar surface area (TPSA) is 75.6 Å². The van der Waals surface area contributed by atoms with E-state index in [-0.39, 0.29) is 23.1 Å². The van der Waals surface area contributed by atoms with E-state index in [9.17, 15) is 9.59 Å². The van der Waals surface area contributed by atoms with Gasteiger partial charge in [0.1, 0.15) is 5.75 Å². The standard InChI is InChI=1S/C17H15BrClNO4/c1-9-5-10(2)16(13(18)6-9)24-8-15(21)20-11-3-4-12(17(22)23)14(19)7-11/h3-7H,8H2,1-2H3,(H,20,21)(H,22,23). The smallest absolute Gasteiger partial charge is 0.337 e. The van der Waals surface area contributed by atoms with E-state index >= 15 is 0 Å². The summed E-state index contributed by atoms with van der Waals surface area (Å²) in [7, 11) is 0. The fourth-order valence-corrected chi connectivity index (χ4v) is 3.24. The Bertz CT molecular complexity index is 784. The third kappa shape index (κ3) is 4.49. The van der Waals surface area contributed by atoms with Crippen molar-refractivity contribution < 1.29 is 19.4 Å². The highest BCUT2D eigenvalue weighted by molar-refractivity contribution is 9.10. The lowest BCUT2D eigenvalue weighted by atomic mass is 10.1. The summed E-state index contributed by atoms with van der Waals surface area (Å²) in [6.07, 6.45) is 0. The minimum absolute atomic E-state index is 0.0230. The monoisotopic (exact) mass is 411 g/mol. The van der Waals surface area contributed by atoms with Crippen LogP contribution in [0.25, 0.3) is 0 Å². The molecule has 0 radical (unpaired) electrons. The SMILES string of the molecule is Cc1cc(C)c(OCC(=O)Nc2ccc(C(=O)O)c(Cl)c2)c(Br)c1. The van der Waals surface area contributed by atoms with Gasteiger partial charge < -0.3 is 15.2 Å². The van der Waals surface area contributed by atoms with Crippen LogP contribution in [0.4, 0.5) is 5.69 Å². The molecule has 0 aliphatic carbocycles. The molecule has 0 heterocycles. The molecule has 0 aliphatic heterocycles. The number of nitrogens with one attached hydrogen (secondary N) is 1. The molecule has 2 aromatic carbocycles. The predicted octanol–water partition coefficient (Wildman–Crippen LogP) is 4.44. The van der Waals surface area contributed by atoms with Crippen molar-refractivity contribution in [1.29, 1.82) is 0 Å². The maximum atomic E-state index is 12.0. The number of aryl methyl sites for hydroxylation is 2. The average Bonchev–Trinajstić information content (AvgIpc) is 2.45. The van der Waals surface area contributed by atoms with Crippen LogP contribution < -0.4 is 10.1 Å². The summed E-state index contributed by atoms with van der Waals surface area (Å²) in [6.45, 7) is 3.69. The molecule has 0 saturated carbocycles. The van der Waals surface area contributed by atoms with Gasteiger partial charge >= 0.3 is 5.97 Å². The maximum Gasteiger partial charge on any atom is 0.337 e. The van der Waals surface area contributed by atoms with E-state index in [1.807, 2.05) is 26.0 Å². The van der Waals surface area contributed by atoms with Crippen molar-refractivity contribution in [2.75, 3.05) is 11.9 Å². The van der Waals surface area contributed by atoms with Gasteiger partial charge in [-0.05, 0) is 65.2 Å². The van der Waals surface area contributed by atoms with Crippen molar-refractivity contribution in [2.24, 2.45) is 0 Å². The van der Waals surface area contributed by atoms with Crippen molar-refractivity contribution in [3.05, 3.63) is 56.5 Å². The van der Waals surface area contributed by atoms with Gasteiger partial charge in [-0.2, -0.15) is 0 Å². The average molecular weight is 413 g/mol. The van der Waals surface area contributed by atoms with Gasteiger partial charge in [-0.3, -0.25) is 4.79 Å². The molecule has 1 amide bonds. The quantitative estimate of drug-likeness (QED) is 0.761. The van der Waals surface area contributed by atoms with Gasteiger partial charge in [0.25, 0.3) is 5.91 Å². The van der Waals surface area contributed by atoms with Crippen LogP contribution >= 0.6 is 27.5 Å². The molecule has 0 fully saturated rings. The molecule has 0 aromatic heterocycles. The molecule has 0 atom stereocenters. The lowest BCUT2D eigenvalue weighted by molar-refractivity contribution is -0.118. The molecule has 2 N–H and O–H groups in total. The van der Waals surface area contributed by atoms with E-state index in [1.54, 1.807) is 0 Å². The van der Waals surface area contributed by atoms with Gasteiger partial charge in [0.05, 0.1) is 15.1 Å². The summed E-state index contributed by atoms with van der Waals surface area (Å²) in [6, 6.07) is 8.06. The molecule has 0 bridgehead atoms. The maximum absolute atomic E-state index is 12.0. The third-order valence-electron chi connectivity index (χ3n) is 3.20. The molecule has 2 aromatic rings. The number of carbonyl (C=O) groups is 2. The number of ether oxygens (including phenoxy) is 1. The van der Waals surface area contributed by atoms with Crippen LogP contribution in [-0.4, -0.2) is 23.6 Å².